The highest BCUT2D eigenvalue weighted by Gasteiger charge is 2.42. The smallest absolute Gasteiger partial charge is 0.404 e. The summed E-state index contributed by atoms with van der Waals surface area (Å²) in [5.74, 6) is -3.73. The highest BCUT2D eigenvalue weighted by atomic mass is 35.5. The third-order valence-electron chi connectivity index (χ3n) is 5.16. The van der Waals surface area contributed by atoms with E-state index >= 15 is 0 Å². The van der Waals surface area contributed by atoms with E-state index in [1.165, 1.54) is 24.3 Å². The van der Waals surface area contributed by atoms with Crippen LogP contribution in [0.25, 0.3) is 16.8 Å². The quantitative estimate of drug-likeness (QED) is 0.294. The normalized spacial score (nSPS) is 12.6. The molecule has 0 radical (unpaired) electrons. The van der Waals surface area contributed by atoms with Crippen molar-refractivity contribution in [3.05, 3.63) is 76.6 Å². The Morgan fingerprint density at radius 1 is 1.19 bits per heavy atom. The van der Waals surface area contributed by atoms with Crippen LogP contribution in [0, 0.1) is 11.6 Å². The third-order valence-corrected chi connectivity index (χ3v) is 5.48. The summed E-state index contributed by atoms with van der Waals surface area (Å²) in [6.45, 7) is 0.891. The van der Waals surface area contributed by atoms with E-state index in [0.717, 1.165) is 23.1 Å². The Balaban J connectivity index is 2.34. The van der Waals surface area contributed by atoms with E-state index in [4.69, 9.17) is 21.9 Å². The van der Waals surface area contributed by atoms with Crippen molar-refractivity contribution in [3.8, 4) is 11.3 Å². The molecular formula is C24H20ClF5N4O3. The number of alkyl halides is 3. The van der Waals surface area contributed by atoms with Gasteiger partial charge in [0.15, 0.2) is 11.5 Å². The van der Waals surface area contributed by atoms with Gasteiger partial charge in [0.05, 0.1) is 28.5 Å². The number of aliphatic hydroxyl groups excluding tert-OH is 1. The van der Waals surface area contributed by atoms with Crippen LogP contribution in [0.5, 0.6) is 0 Å². The average molecular weight is 543 g/mol. The van der Waals surface area contributed by atoms with Gasteiger partial charge in [-0.1, -0.05) is 35.0 Å². The van der Waals surface area contributed by atoms with Crippen LogP contribution < -0.4 is 5.73 Å². The molecule has 0 aliphatic carbocycles. The SMILES string of the molecule is CCN(CCO)C(=O)c1c(-c2c(F)cccc2Cl)noc1C(=CN)C(=Nc1ccccc1F)C(F)(F)F. The lowest BCUT2D eigenvalue weighted by atomic mass is 9.98. The molecule has 0 aliphatic rings. The highest BCUT2D eigenvalue weighted by molar-refractivity contribution is 6.34. The average Bonchev–Trinajstić information content (AvgIpc) is 3.26. The summed E-state index contributed by atoms with van der Waals surface area (Å²) in [6, 6.07) is 8.03. The van der Waals surface area contributed by atoms with Crippen molar-refractivity contribution in [2.75, 3.05) is 19.7 Å². The first kappa shape index (κ1) is 27.8. The zero-order valence-electron chi connectivity index (χ0n) is 19.2. The van der Waals surface area contributed by atoms with E-state index < -0.39 is 69.9 Å². The molecule has 3 aromatic rings. The van der Waals surface area contributed by atoms with Gasteiger partial charge in [-0.15, -0.1) is 0 Å². The van der Waals surface area contributed by atoms with Gasteiger partial charge in [0, 0.05) is 19.3 Å². The number of aliphatic hydroxyl groups is 1. The van der Waals surface area contributed by atoms with Gasteiger partial charge in [0.1, 0.15) is 22.9 Å². The molecular weight excluding hydrogens is 523 g/mol. The molecule has 0 aliphatic heterocycles. The van der Waals surface area contributed by atoms with Gasteiger partial charge in [-0.3, -0.25) is 4.79 Å². The maximum absolute atomic E-state index is 14.8. The fourth-order valence-electron chi connectivity index (χ4n) is 3.45. The van der Waals surface area contributed by atoms with Crippen LogP contribution in [0.4, 0.5) is 27.6 Å². The molecule has 0 spiro atoms. The Labute approximate surface area is 212 Å². The largest absolute Gasteiger partial charge is 0.434 e. The van der Waals surface area contributed by atoms with Crippen molar-refractivity contribution in [3.63, 3.8) is 0 Å². The number of rotatable bonds is 8. The van der Waals surface area contributed by atoms with E-state index in [2.05, 4.69) is 10.1 Å². The summed E-state index contributed by atoms with van der Waals surface area (Å²) in [6.07, 6.45) is -4.73. The number of hydrogen-bond acceptors (Lipinski definition) is 6. The Morgan fingerprint density at radius 3 is 2.43 bits per heavy atom. The van der Waals surface area contributed by atoms with Crippen LogP contribution in [0.3, 0.4) is 0 Å². The first-order valence-corrected chi connectivity index (χ1v) is 11.1. The maximum atomic E-state index is 14.8. The Morgan fingerprint density at radius 2 is 1.86 bits per heavy atom. The Bertz CT molecular complexity index is 1330. The monoisotopic (exact) mass is 542 g/mol. The molecule has 0 atom stereocenters. The standard InChI is InChI=1S/C24H20ClF5N4O3/c1-2-34(10-11-35)23(36)19-20(18-14(25)6-5-8-16(18)27)33-37-21(19)13(12-31)22(24(28,29)30)32-17-9-4-3-7-15(17)26/h3-9,12,35H,2,10-11,31H2,1H3. The minimum atomic E-state index is -5.20. The molecule has 0 saturated heterocycles. The predicted octanol–water partition coefficient (Wildman–Crippen LogP) is 5.36. The molecule has 3 rings (SSSR count). The van der Waals surface area contributed by atoms with Crippen molar-refractivity contribution in [2.45, 2.75) is 13.1 Å². The number of nitrogens with two attached hydrogens (primary N) is 1. The minimum absolute atomic E-state index is 0.0194. The van der Waals surface area contributed by atoms with Gasteiger partial charge in [0.2, 0.25) is 0 Å². The summed E-state index contributed by atoms with van der Waals surface area (Å²) in [7, 11) is 0. The molecule has 196 valence electrons. The number of hydrogen-bond donors (Lipinski definition) is 2. The molecule has 13 heteroatoms. The fourth-order valence-corrected chi connectivity index (χ4v) is 3.70. The van der Waals surface area contributed by atoms with Gasteiger partial charge >= 0.3 is 6.18 Å². The number of carbonyl (C=O) groups excluding carboxylic acids is 1. The number of nitrogens with zero attached hydrogens (tertiary/aromatic N) is 3. The topological polar surface area (TPSA) is 105 Å². The second-order valence-corrected chi connectivity index (χ2v) is 7.84. The van der Waals surface area contributed by atoms with Gasteiger partial charge in [-0.05, 0) is 31.2 Å². The van der Waals surface area contributed by atoms with E-state index in [1.54, 1.807) is 6.92 Å². The van der Waals surface area contributed by atoms with Crippen molar-refractivity contribution in [1.82, 2.24) is 10.1 Å². The molecule has 37 heavy (non-hydrogen) atoms. The zero-order chi connectivity index (χ0) is 27.3. The van der Waals surface area contributed by atoms with Crippen LogP contribution in [0.2, 0.25) is 5.02 Å². The molecule has 2 aromatic carbocycles. The van der Waals surface area contributed by atoms with E-state index in [9.17, 15) is 31.9 Å². The van der Waals surface area contributed by atoms with Crippen molar-refractivity contribution >= 4 is 34.5 Å². The molecule has 1 heterocycles. The molecule has 7 nitrogen and oxygen atoms in total. The van der Waals surface area contributed by atoms with Crippen LogP contribution in [-0.4, -0.2) is 52.7 Å². The minimum Gasteiger partial charge on any atom is -0.404 e. The highest BCUT2D eigenvalue weighted by Crippen LogP contribution is 2.39. The van der Waals surface area contributed by atoms with Crippen LogP contribution in [0.1, 0.15) is 23.0 Å². The second-order valence-electron chi connectivity index (χ2n) is 7.43. The van der Waals surface area contributed by atoms with Crippen LogP contribution in [0.15, 0.2) is 58.2 Å². The summed E-state index contributed by atoms with van der Waals surface area (Å²) >= 11 is 6.13. The number of para-hydroxylation sites is 1. The number of benzene rings is 2. The molecule has 1 aromatic heterocycles. The van der Waals surface area contributed by atoms with Crippen LogP contribution in [-0.2, 0) is 0 Å². The van der Waals surface area contributed by atoms with E-state index in [0.29, 0.717) is 6.20 Å². The van der Waals surface area contributed by atoms with Crippen molar-refractivity contribution < 1.29 is 36.4 Å². The molecule has 3 N–H and O–H groups in total. The molecule has 0 fully saturated rings. The number of aromatic nitrogens is 1. The van der Waals surface area contributed by atoms with E-state index in [-0.39, 0.29) is 18.1 Å². The lowest BCUT2D eigenvalue weighted by Gasteiger charge is -2.21. The number of allylic oxidation sites excluding steroid dienone is 1. The summed E-state index contributed by atoms with van der Waals surface area (Å²) in [5, 5.41) is 12.8. The van der Waals surface area contributed by atoms with Gasteiger partial charge in [-0.25, -0.2) is 13.8 Å². The van der Waals surface area contributed by atoms with Crippen molar-refractivity contribution in [2.24, 2.45) is 10.7 Å². The molecule has 0 bridgehead atoms. The molecule has 0 saturated carbocycles. The van der Waals surface area contributed by atoms with Gasteiger partial charge in [0.25, 0.3) is 5.91 Å². The lowest BCUT2D eigenvalue weighted by Crippen LogP contribution is -2.34. The number of amides is 1. The first-order chi connectivity index (χ1) is 17.5. The number of carbonyl (C=O) groups is 1. The Kier molecular flexibility index (Phi) is 8.66. The Hall–Kier alpha value is -3.77. The number of aliphatic imine (C=N–C) groups is 1. The van der Waals surface area contributed by atoms with Gasteiger partial charge in [-0.2, -0.15) is 13.2 Å². The molecule has 1 amide bonds. The van der Waals surface area contributed by atoms with E-state index in [1.807, 2.05) is 0 Å². The maximum Gasteiger partial charge on any atom is 0.434 e. The third kappa shape index (κ3) is 5.81. The van der Waals surface area contributed by atoms with Crippen molar-refractivity contribution in [1.29, 1.82) is 0 Å². The summed E-state index contributed by atoms with van der Waals surface area (Å²) < 4.78 is 76.6. The predicted molar refractivity (Wildman–Crippen MR) is 127 cm³/mol. The zero-order valence-corrected chi connectivity index (χ0v) is 19.9. The summed E-state index contributed by atoms with van der Waals surface area (Å²) in [4.78, 5) is 18.0. The number of halogens is 6. The fraction of sp³-hybridized carbons (Fsp3) is 0.208. The lowest BCUT2D eigenvalue weighted by molar-refractivity contribution is -0.0572. The van der Waals surface area contributed by atoms with Gasteiger partial charge < -0.3 is 20.3 Å². The summed E-state index contributed by atoms with van der Waals surface area (Å²) in [5.41, 5.74) is 0.739. The van der Waals surface area contributed by atoms with Crippen LogP contribution >= 0.6 is 11.6 Å². The molecule has 0 unspecified atom stereocenters. The number of likely N-dealkylation sites (N-methyl/N-ethyl adjacent to an activating group) is 1. The second kappa shape index (κ2) is 11.5. The first-order valence-electron chi connectivity index (χ1n) is 10.7.